The van der Waals surface area contributed by atoms with Crippen LogP contribution in [0.25, 0.3) is 6.08 Å². The number of thioether (sulfide) groups is 1. The first-order valence-corrected chi connectivity index (χ1v) is 10.6. The van der Waals surface area contributed by atoms with Crippen molar-refractivity contribution in [1.82, 2.24) is 0 Å². The van der Waals surface area contributed by atoms with Crippen LogP contribution in [0.4, 0.5) is 10.5 Å². The molecule has 1 aliphatic heterocycles. The molecule has 160 valence electrons. The van der Waals surface area contributed by atoms with Gasteiger partial charge in [0.2, 0.25) is 0 Å². The van der Waals surface area contributed by atoms with Crippen LogP contribution in [-0.4, -0.2) is 24.2 Å². The molecule has 0 aromatic heterocycles. The van der Waals surface area contributed by atoms with Gasteiger partial charge in [0.15, 0.2) is 11.5 Å². The van der Waals surface area contributed by atoms with Crippen molar-refractivity contribution in [3.8, 4) is 11.5 Å². The third-order valence-corrected chi connectivity index (χ3v) is 5.70. The van der Waals surface area contributed by atoms with Crippen molar-refractivity contribution in [2.75, 3.05) is 12.0 Å². The van der Waals surface area contributed by atoms with Crippen molar-refractivity contribution in [3.05, 3.63) is 93.9 Å². The van der Waals surface area contributed by atoms with Crippen LogP contribution in [0.2, 0.25) is 5.02 Å². The summed E-state index contributed by atoms with van der Waals surface area (Å²) in [6.45, 7) is 0. The maximum Gasteiger partial charge on any atom is 0.343 e. The predicted molar refractivity (Wildman–Crippen MR) is 124 cm³/mol. The molecule has 1 heterocycles. The number of rotatable bonds is 5. The molecule has 3 aromatic rings. The molecule has 0 unspecified atom stereocenters. The smallest absolute Gasteiger partial charge is 0.343 e. The van der Waals surface area contributed by atoms with E-state index in [0.29, 0.717) is 27.6 Å². The van der Waals surface area contributed by atoms with Crippen LogP contribution in [0.15, 0.2) is 77.7 Å². The molecular weight excluding hydrogens is 450 g/mol. The summed E-state index contributed by atoms with van der Waals surface area (Å²) in [6, 6.07) is 19.9. The number of imide groups is 1. The fourth-order valence-electron chi connectivity index (χ4n) is 3.02. The second kappa shape index (κ2) is 9.30. The summed E-state index contributed by atoms with van der Waals surface area (Å²) in [5.41, 5.74) is 1.47. The molecule has 0 saturated carbocycles. The molecule has 0 atom stereocenters. The van der Waals surface area contributed by atoms with Crippen LogP contribution >= 0.6 is 23.4 Å². The lowest BCUT2D eigenvalue weighted by atomic mass is 10.1. The summed E-state index contributed by atoms with van der Waals surface area (Å²) in [6.07, 6.45) is 1.60. The monoisotopic (exact) mass is 465 g/mol. The molecule has 1 aliphatic rings. The van der Waals surface area contributed by atoms with E-state index in [4.69, 9.17) is 21.1 Å². The minimum Gasteiger partial charge on any atom is -0.493 e. The molecule has 0 N–H and O–H groups in total. The number of carbonyl (C=O) groups excluding carboxylic acids is 3. The highest BCUT2D eigenvalue weighted by molar-refractivity contribution is 8.19. The summed E-state index contributed by atoms with van der Waals surface area (Å²) < 4.78 is 10.8. The molecule has 8 heteroatoms. The molecule has 3 aromatic carbocycles. The van der Waals surface area contributed by atoms with Gasteiger partial charge in [-0.2, -0.15) is 0 Å². The molecule has 1 saturated heterocycles. The zero-order valence-electron chi connectivity index (χ0n) is 16.8. The summed E-state index contributed by atoms with van der Waals surface area (Å²) >= 11 is 6.71. The molecule has 0 spiro atoms. The third-order valence-electron chi connectivity index (χ3n) is 4.58. The molecule has 32 heavy (non-hydrogen) atoms. The Morgan fingerprint density at radius 1 is 0.969 bits per heavy atom. The van der Waals surface area contributed by atoms with E-state index in [0.717, 1.165) is 16.7 Å². The standard InChI is InChI=1S/C24H16ClNO5S/c1-30-20-13-15(7-12-19(20)31-23(28)16-8-10-17(25)11-9-16)14-21-22(27)26(24(29)32-21)18-5-3-2-4-6-18/h2-14H,1H3/b21-14+. The summed E-state index contributed by atoms with van der Waals surface area (Å²) in [5, 5.41) is 0.146. The maximum atomic E-state index is 12.8. The fraction of sp³-hybridized carbons (Fsp3) is 0.0417. The summed E-state index contributed by atoms with van der Waals surface area (Å²) in [5.74, 6) is -0.426. The quantitative estimate of drug-likeness (QED) is 0.269. The second-order valence-electron chi connectivity index (χ2n) is 6.66. The number of esters is 1. The number of carbonyl (C=O) groups is 3. The van der Waals surface area contributed by atoms with Gasteiger partial charge in [0.25, 0.3) is 11.1 Å². The van der Waals surface area contributed by atoms with Gasteiger partial charge in [0.1, 0.15) is 0 Å². The number of anilines is 1. The summed E-state index contributed by atoms with van der Waals surface area (Å²) in [4.78, 5) is 39.0. The number of nitrogens with zero attached hydrogens (tertiary/aromatic N) is 1. The first-order valence-electron chi connectivity index (χ1n) is 9.45. The highest BCUT2D eigenvalue weighted by Gasteiger charge is 2.36. The van der Waals surface area contributed by atoms with Crippen molar-refractivity contribution in [1.29, 1.82) is 0 Å². The predicted octanol–water partition coefficient (Wildman–Crippen LogP) is 5.81. The van der Waals surface area contributed by atoms with Gasteiger partial charge in [-0.1, -0.05) is 35.9 Å². The van der Waals surface area contributed by atoms with Gasteiger partial charge in [-0.15, -0.1) is 0 Å². The van der Waals surface area contributed by atoms with Gasteiger partial charge in [-0.05, 0) is 71.9 Å². The van der Waals surface area contributed by atoms with E-state index in [1.807, 2.05) is 6.07 Å². The van der Waals surface area contributed by atoms with Gasteiger partial charge in [-0.25, -0.2) is 9.69 Å². The molecule has 4 rings (SSSR count). The zero-order valence-corrected chi connectivity index (χ0v) is 18.4. The Morgan fingerprint density at radius 2 is 1.69 bits per heavy atom. The van der Waals surface area contributed by atoms with Crippen molar-refractivity contribution in [2.45, 2.75) is 0 Å². The number of ether oxygens (including phenoxy) is 2. The normalized spacial score (nSPS) is 14.7. The average molecular weight is 466 g/mol. The van der Waals surface area contributed by atoms with E-state index in [-0.39, 0.29) is 15.9 Å². The molecule has 2 amide bonds. The number of amides is 2. The average Bonchev–Trinajstić information content (AvgIpc) is 3.08. The molecule has 6 nitrogen and oxygen atoms in total. The molecule has 1 fully saturated rings. The minimum absolute atomic E-state index is 0.224. The third kappa shape index (κ3) is 4.54. The van der Waals surface area contributed by atoms with Gasteiger partial charge in [0.05, 0.1) is 23.3 Å². The van der Waals surface area contributed by atoms with Crippen molar-refractivity contribution >= 4 is 52.2 Å². The van der Waals surface area contributed by atoms with Gasteiger partial charge in [-0.3, -0.25) is 9.59 Å². The molecule has 0 bridgehead atoms. The first-order chi connectivity index (χ1) is 15.5. The van der Waals surface area contributed by atoms with Gasteiger partial charge in [0, 0.05) is 5.02 Å². The number of hydrogen-bond acceptors (Lipinski definition) is 6. The van der Waals surface area contributed by atoms with E-state index in [2.05, 4.69) is 0 Å². The van der Waals surface area contributed by atoms with Crippen molar-refractivity contribution < 1.29 is 23.9 Å². The van der Waals surface area contributed by atoms with Gasteiger partial charge < -0.3 is 9.47 Å². The van der Waals surface area contributed by atoms with Crippen molar-refractivity contribution in [3.63, 3.8) is 0 Å². The number of halogens is 1. The van der Waals surface area contributed by atoms with Crippen LogP contribution in [0.1, 0.15) is 15.9 Å². The van der Waals surface area contributed by atoms with Crippen LogP contribution in [0.3, 0.4) is 0 Å². The molecule has 0 aliphatic carbocycles. The topological polar surface area (TPSA) is 72.9 Å². The highest BCUT2D eigenvalue weighted by Crippen LogP contribution is 2.37. The number of methoxy groups -OCH3 is 1. The minimum atomic E-state index is -0.559. The largest absolute Gasteiger partial charge is 0.493 e. The second-order valence-corrected chi connectivity index (χ2v) is 8.09. The van der Waals surface area contributed by atoms with E-state index < -0.39 is 11.9 Å². The highest BCUT2D eigenvalue weighted by atomic mass is 35.5. The van der Waals surface area contributed by atoms with E-state index in [1.54, 1.807) is 72.8 Å². The van der Waals surface area contributed by atoms with E-state index >= 15 is 0 Å². The Balaban J connectivity index is 1.56. The lowest BCUT2D eigenvalue weighted by Crippen LogP contribution is -2.27. The van der Waals surface area contributed by atoms with Crippen LogP contribution in [0.5, 0.6) is 11.5 Å². The lowest BCUT2D eigenvalue weighted by Gasteiger charge is -2.12. The number of hydrogen-bond donors (Lipinski definition) is 0. The fourth-order valence-corrected chi connectivity index (χ4v) is 3.99. The Hall–Kier alpha value is -3.55. The Morgan fingerprint density at radius 3 is 2.38 bits per heavy atom. The zero-order chi connectivity index (χ0) is 22.7. The first kappa shape index (κ1) is 21.7. The van der Waals surface area contributed by atoms with Crippen LogP contribution in [0, 0.1) is 0 Å². The van der Waals surface area contributed by atoms with Gasteiger partial charge >= 0.3 is 5.97 Å². The van der Waals surface area contributed by atoms with Crippen LogP contribution in [-0.2, 0) is 4.79 Å². The Kier molecular flexibility index (Phi) is 6.30. The maximum absolute atomic E-state index is 12.8. The Bertz CT molecular complexity index is 1220. The van der Waals surface area contributed by atoms with Crippen molar-refractivity contribution in [2.24, 2.45) is 0 Å². The molecule has 0 radical (unpaired) electrons. The Labute approximate surface area is 193 Å². The number of benzene rings is 3. The van der Waals surface area contributed by atoms with E-state index in [1.165, 1.54) is 7.11 Å². The van der Waals surface area contributed by atoms with Crippen LogP contribution < -0.4 is 14.4 Å². The summed E-state index contributed by atoms with van der Waals surface area (Å²) in [7, 11) is 1.45. The lowest BCUT2D eigenvalue weighted by molar-refractivity contribution is -0.113. The SMILES string of the molecule is COc1cc(/C=C2/SC(=O)N(c3ccccc3)C2=O)ccc1OC(=O)c1ccc(Cl)cc1. The van der Waals surface area contributed by atoms with E-state index in [9.17, 15) is 14.4 Å². The molecular formula is C24H16ClNO5S. The number of para-hydroxylation sites is 1.